The molecular weight excluding hydrogens is 390 g/mol. The van der Waals surface area contributed by atoms with Gasteiger partial charge in [-0.15, -0.1) is 11.3 Å². The maximum absolute atomic E-state index is 12.3. The molecule has 0 fully saturated rings. The van der Waals surface area contributed by atoms with Gasteiger partial charge in [0.2, 0.25) is 0 Å². The lowest BCUT2D eigenvalue weighted by atomic mass is 10.1. The molecule has 0 radical (unpaired) electrons. The van der Waals surface area contributed by atoms with Gasteiger partial charge in [-0.3, -0.25) is 9.69 Å². The van der Waals surface area contributed by atoms with E-state index in [1.165, 1.54) is 22.5 Å². The highest BCUT2D eigenvalue weighted by atomic mass is 79.9. The number of hydrogen-bond acceptors (Lipinski definition) is 3. The third kappa shape index (κ3) is 2.84. The molecule has 3 rings (SSSR count). The minimum absolute atomic E-state index is 0.168. The van der Waals surface area contributed by atoms with Crippen LogP contribution < -0.4 is 0 Å². The molecule has 0 amide bonds. The third-order valence-electron chi connectivity index (χ3n) is 3.23. The Bertz CT molecular complexity index is 613. The average Bonchev–Trinajstić information content (AvgIpc) is 2.91. The first-order valence-corrected chi connectivity index (χ1v) is 8.31. The van der Waals surface area contributed by atoms with Crippen LogP contribution in [-0.2, 0) is 13.1 Å². The molecule has 2 aromatic rings. The van der Waals surface area contributed by atoms with Crippen LogP contribution in [0.15, 0.2) is 37.9 Å². The first kappa shape index (κ1) is 13.5. The minimum Gasteiger partial charge on any atom is -0.293 e. The number of hydrogen-bond donors (Lipinski definition) is 0. The molecule has 1 aliphatic heterocycles. The van der Waals surface area contributed by atoms with Crippen molar-refractivity contribution in [3.63, 3.8) is 0 Å². The Morgan fingerprint density at radius 3 is 2.37 bits per heavy atom. The highest BCUT2D eigenvalue weighted by Crippen LogP contribution is 2.32. The van der Waals surface area contributed by atoms with Crippen LogP contribution in [0.5, 0.6) is 0 Å². The number of Topliss-reactive ketones (excluding diaryl/α,β-unsaturated/α-hetero) is 1. The zero-order valence-electron chi connectivity index (χ0n) is 10.0. The summed E-state index contributed by atoms with van der Waals surface area (Å²) in [6.07, 6.45) is 0. The van der Waals surface area contributed by atoms with E-state index in [1.54, 1.807) is 0 Å². The fourth-order valence-electron chi connectivity index (χ4n) is 2.33. The molecule has 0 atom stereocenters. The van der Waals surface area contributed by atoms with Gasteiger partial charge < -0.3 is 0 Å². The van der Waals surface area contributed by atoms with Crippen LogP contribution in [0.3, 0.4) is 0 Å². The molecule has 19 heavy (non-hydrogen) atoms. The summed E-state index contributed by atoms with van der Waals surface area (Å²) in [6.45, 7) is 2.20. The van der Waals surface area contributed by atoms with Crippen molar-refractivity contribution in [1.82, 2.24) is 4.90 Å². The quantitative estimate of drug-likeness (QED) is 0.708. The van der Waals surface area contributed by atoms with Gasteiger partial charge in [0, 0.05) is 18.7 Å². The van der Waals surface area contributed by atoms with Crippen LogP contribution in [0, 0.1) is 0 Å². The first-order valence-electron chi connectivity index (χ1n) is 5.90. The van der Waals surface area contributed by atoms with Crippen LogP contribution in [0.1, 0.15) is 21.5 Å². The van der Waals surface area contributed by atoms with E-state index in [0.717, 1.165) is 26.2 Å². The Morgan fingerprint density at radius 1 is 1.21 bits per heavy atom. The van der Waals surface area contributed by atoms with Crippen LogP contribution in [0.2, 0.25) is 0 Å². The molecule has 0 spiro atoms. The van der Waals surface area contributed by atoms with Gasteiger partial charge in [0.25, 0.3) is 0 Å². The summed E-state index contributed by atoms with van der Waals surface area (Å²) in [5.74, 6) is 0.168. The third-order valence-corrected chi connectivity index (χ3v) is 5.57. The lowest BCUT2D eigenvalue weighted by molar-refractivity contribution is 0.0929. The molecular formula is C14H11Br2NOS. The van der Waals surface area contributed by atoms with Crippen molar-refractivity contribution >= 4 is 49.0 Å². The smallest absolute Gasteiger partial charge is 0.178 e. The van der Waals surface area contributed by atoms with Gasteiger partial charge in [-0.05, 0) is 49.1 Å². The number of carbonyl (C=O) groups is 1. The summed E-state index contributed by atoms with van der Waals surface area (Å²) in [7, 11) is 0. The van der Waals surface area contributed by atoms with Crippen molar-refractivity contribution in [3.05, 3.63) is 54.6 Å². The first-order chi connectivity index (χ1) is 9.13. The summed E-state index contributed by atoms with van der Waals surface area (Å²) < 4.78 is 1.88. The van der Waals surface area contributed by atoms with E-state index >= 15 is 0 Å². The normalized spacial score (nSPS) is 14.6. The van der Waals surface area contributed by atoms with Crippen LogP contribution >= 0.6 is 43.2 Å². The number of halogens is 2. The van der Waals surface area contributed by atoms with Crippen molar-refractivity contribution in [1.29, 1.82) is 0 Å². The zero-order valence-corrected chi connectivity index (χ0v) is 14.0. The SMILES string of the molecule is O=C(CN1Cc2ccccc2C1)c1cc(Br)sc1Br. The maximum atomic E-state index is 12.3. The Morgan fingerprint density at radius 2 is 1.84 bits per heavy atom. The van der Waals surface area contributed by atoms with E-state index in [1.807, 2.05) is 6.07 Å². The Hall–Kier alpha value is -0.490. The van der Waals surface area contributed by atoms with Crippen molar-refractivity contribution < 1.29 is 4.79 Å². The average molecular weight is 401 g/mol. The molecule has 2 heterocycles. The van der Waals surface area contributed by atoms with E-state index in [-0.39, 0.29) is 5.78 Å². The number of thiophene rings is 1. The second kappa shape index (κ2) is 5.48. The largest absolute Gasteiger partial charge is 0.293 e. The number of ketones is 1. The van der Waals surface area contributed by atoms with E-state index in [9.17, 15) is 4.79 Å². The summed E-state index contributed by atoms with van der Waals surface area (Å²) in [5, 5.41) is 0. The molecule has 1 aromatic carbocycles. The molecule has 0 saturated heterocycles. The predicted molar refractivity (Wildman–Crippen MR) is 84.6 cm³/mol. The fourth-order valence-corrected chi connectivity index (χ4v) is 5.19. The van der Waals surface area contributed by atoms with Gasteiger partial charge in [-0.1, -0.05) is 24.3 Å². The number of fused-ring (bicyclic) bond motifs is 1. The molecule has 2 nitrogen and oxygen atoms in total. The highest BCUT2D eigenvalue weighted by Gasteiger charge is 2.22. The van der Waals surface area contributed by atoms with Crippen LogP contribution in [-0.4, -0.2) is 17.2 Å². The highest BCUT2D eigenvalue weighted by molar-refractivity contribution is 9.12. The Labute approximate surface area is 132 Å². The molecule has 0 N–H and O–H groups in total. The van der Waals surface area contributed by atoms with Crippen molar-refractivity contribution in [3.8, 4) is 0 Å². The van der Waals surface area contributed by atoms with E-state index < -0.39 is 0 Å². The van der Waals surface area contributed by atoms with Crippen LogP contribution in [0.25, 0.3) is 0 Å². The van der Waals surface area contributed by atoms with Crippen molar-refractivity contribution in [2.45, 2.75) is 13.1 Å². The molecule has 0 unspecified atom stereocenters. The lowest BCUT2D eigenvalue weighted by Gasteiger charge is -2.13. The molecule has 0 bridgehead atoms. The van der Waals surface area contributed by atoms with Gasteiger partial charge in [0.1, 0.15) is 0 Å². The van der Waals surface area contributed by atoms with E-state index in [2.05, 4.69) is 61.0 Å². The summed E-state index contributed by atoms with van der Waals surface area (Å²) in [5.41, 5.74) is 3.44. The van der Waals surface area contributed by atoms with Gasteiger partial charge >= 0.3 is 0 Å². The van der Waals surface area contributed by atoms with Gasteiger partial charge in [-0.25, -0.2) is 0 Å². The minimum atomic E-state index is 0.168. The second-order valence-corrected chi connectivity index (χ2v) is 8.32. The summed E-state index contributed by atoms with van der Waals surface area (Å²) in [4.78, 5) is 14.5. The Balaban J connectivity index is 1.71. The topological polar surface area (TPSA) is 20.3 Å². The number of nitrogens with zero attached hydrogens (tertiary/aromatic N) is 1. The molecule has 5 heteroatoms. The molecule has 1 aliphatic rings. The van der Waals surface area contributed by atoms with Gasteiger partial charge in [0.15, 0.2) is 5.78 Å². The monoisotopic (exact) mass is 399 g/mol. The Kier molecular flexibility index (Phi) is 3.89. The fraction of sp³-hybridized carbons (Fsp3) is 0.214. The maximum Gasteiger partial charge on any atom is 0.178 e. The molecule has 0 aliphatic carbocycles. The molecule has 0 saturated carbocycles. The summed E-state index contributed by atoms with van der Waals surface area (Å²) >= 11 is 8.39. The van der Waals surface area contributed by atoms with Gasteiger partial charge in [0.05, 0.1) is 14.1 Å². The second-order valence-electron chi connectivity index (χ2n) is 4.57. The van der Waals surface area contributed by atoms with Crippen molar-refractivity contribution in [2.75, 3.05) is 6.54 Å². The van der Waals surface area contributed by atoms with E-state index in [0.29, 0.717) is 6.54 Å². The standard InChI is InChI=1S/C14H11Br2NOS/c15-13-5-11(14(16)19-13)12(18)8-17-6-9-3-1-2-4-10(9)7-17/h1-5H,6-8H2. The van der Waals surface area contributed by atoms with Crippen LogP contribution in [0.4, 0.5) is 0 Å². The number of benzene rings is 1. The molecule has 98 valence electrons. The van der Waals surface area contributed by atoms with Gasteiger partial charge in [-0.2, -0.15) is 0 Å². The van der Waals surface area contributed by atoms with Crippen molar-refractivity contribution in [2.24, 2.45) is 0 Å². The zero-order chi connectivity index (χ0) is 13.4. The number of carbonyl (C=O) groups excluding carboxylic acids is 1. The summed E-state index contributed by atoms with van der Waals surface area (Å²) in [6, 6.07) is 10.3. The lowest BCUT2D eigenvalue weighted by Crippen LogP contribution is -2.24. The predicted octanol–water partition coefficient (Wildman–Crippen LogP) is 4.47. The number of rotatable bonds is 3. The van der Waals surface area contributed by atoms with E-state index in [4.69, 9.17) is 0 Å². The molecule has 1 aromatic heterocycles.